The van der Waals surface area contributed by atoms with Crippen molar-refractivity contribution in [1.29, 1.82) is 0 Å². The lowest BCUT2D eigenvalue weighted by Crippen LogP contribution is -2.39. The van der Waals surface area contributed by atoms with Gasteiger partial charge < -0.3 is 15.2 Å². The zero-order chi connectivity index (χ0) is 14.3. The van der Waals surface area contributed by atoms with Crippen LogP contribution in [0.15, 0.2) is 24.3 Å². The Morgan fingerprint density at radius 2 is 1.74 bits per heavy atom. The van der Waals surface area contributed by atoms with Crippen molar-refractivity contribution >= 4 is 0 Å². The van der Waals surface area contributed by atoms with Crippen molar-refractivity contribution in [3.8, 4) is 5.75 Å². The van der Waals surface area contributed by atoms with E-state index in [2.05, 4.69) is 17.4 Å². The van der Waals surface area contributed by atoms with Gasteiger partial charge in [-0.05, 0) is 44.4 Å². The molecule has 0 amide bonds. The minimum Gasteiger partial charge on any atom is -0.491 e. The summed E-state index contributed by atoms with van der Waals surface area (Å²) in [5, 5.41) is 13.5. The van der Waals surface area contributed by atoms with E-state index in [1.807, 2.05) is 39.8 Å². The number of benzene rings is 1. The first-order valence-electron chi connectivity index (χ1n) is 7.18. The maximum absolute atomic E-state index is 10.2. The van der Waals surface area contributed by atoms with E-state index in [1.165, 1.54) is 5.56 Å². The third kappa shape index (κ3) is 5.62. The Morgan fingerprint density at radius 3 is 2.21 bits per heavy atom. The van der Waals surface area contributed by atoms with Crippen LogP contribution < -0.4 is 10.1 Å². The molecule has 0 unspecified atom stereocenters. The molecule has 0 fully saturated rings. The van der Waals surface area contributed by atoms with E-state index in [-0.39, 0.29) is 6.10 Å². The monoisotopic (exact) mass is 265 g/mol. The SMILES string of the molecule is CCC(O)(CC)CNCc1ccc(OC(C)C)cc1. The van der Waals surface area contributed by atoms with Gasteiger partial charge >= 0.3 is 0 Å². The van der Waals surface area contributed by atoms with Gasteiger partial charge in [-0.25, -0.2) is 0 Å². The van der Waals surface area contributed by atoms with Crippen LogP contribution in [-0.4, -0.2) is 23.4 Å². The second-order valence-corrected chi connectivity index (χ2v) is 5.35. The van der Waals surface area contributed by atoms with E-state index in [4.69, 9.17) is 4.74 Å². The number of nitrogens with one attached hydrogen (secondary N) is 1. The molecule has 0 saturated carbocycles. The van der Waals surface area contributed by atoms with Gasteiger partial charge in [0.2, 0.25) is 0 Å². The van der Waals surface area contributed by atoms with Crippen LogP contribution in [0.3, 0.4) is 0 Å². The van der Waals surface area contributed by atoms with Gasteiger partial charge in [-0.15, -0.1) is 0 Å². The summed E-state index contributed by atoms with van der Waals surface area (Å²) in [6.07, 6.45) is 1.75. The lowest BCUT2D eigenvalue weighted by Gasteiger charge is -2.25. The van der Waals surface area contributed by atoms with Crippen LogP contribution in [0.5, 0.6) is 5.75 Å². The van der Waals surface area contributed by atoms with Crippen LogP contribution in [0, 0.1) is 0 Å². The smallest absolute Gasteiger partial charge is 0.119 e. The van der Waals surface area contributed by atoms with Gasteiger partial charge in [0, 0.05) is 13.1 Å². The lowest BCUT2D eigenvalue weighted by atomic mass is 9.97. The zero-order valence-corrected chi connectivity index (χ0v) is 12.6. The molecule has 0 aliphatic carbocycles. The van der Waals surface area contributed by atoms with Gasteiger partial charge in [0.15, 0.2) is 0 Å². The molecule has 0 aliphatic rings. The summed E-state index contributed by atoms with van der Waals surface area (Å²) in [5.41, 5.74) is 0.617. The van der Waals surface area contributed by atoms with Crippen molar-refractivity contribution in [2.75, 3.05) is 6.54 Å². The highest BCUT2D eigenvalue weighted by atomic mass is 16.5. The molecule has 0 radical (unpaired) electrons. The third-order valence-corrected chi connectivity index (χ3v) is 3.39. The first-order valence-corrected chi connectivity index (χ1v) is 7.18. The Morgan fingerprint density at radius 1 is 1.16 bits per heavy atom. The van der Waals surface area contributed by atoms with Gasteiger partial charge in [0.05, 0.1) is 11.7 Å². The molecule has 0 aliphatic heterocycles. The summed E-state index contributed by atoms with van der Waals surface area (Å²) in [4.78, 5) is 0. The first kappa shape index (κ1) is 16.0. The van der Waals surface area contributed by atoms with E-state index >= 15 is 0 Å². The van der Waals surface area contributed by atoms with E-state index < -0.39 is 5.60 Å². The molecule has 2 N–H and O–H groups in total. The third-order valence-electron chi connectivity index (χ3n) is 3.39. The Bertz CT molecular complexity index is 356. The molecular formula is C16H27NO2. The molecule has 0 bridgehead atoms. The summed E-state index contributed by atoms with van der Waals surface area (Å²) in [7, 11) is 0. The Kier molecular flexibility index (Phi) is 6.32. The summed E-state index contributed by atoms with van der Waals surface area (Å²) in [5.74, 6) is 0.900. The maximum atomic E-state index is 10.2. The molecule has 1 aromatic carbocycles. The highest BCUT2D eigenvalue weighted by molar-refractivity contribution is 5.27. The van der Waals surface area contributed by atoms with Gasteiger partial charge in [0.25, 0.3) is 0 Å². The normalized spacial score (nSPS) is 11.9. The van der Waals surface area contributed by atoms with Gasteiger partial charge in [-0.3, -0.25) is 0 Å². The predicted molar refractivity (Wildman–Crippen MR) is 79.4 cm³/mol. The zero-order valence-electron chi connectivity index (χ0n) is 12.6. The quantitative estimate of drug-likeness (QED) is 0.759. The van der Waals surface area contributed by atoms with E-state index in [0.29, 0.717) is 6.54 Å². The standard InChI is InChI=1S/C16H27NO2/c1-5-16(18,6-2)12-17-11-14-7-9-15(10-8-14)19-13(3)4/h7-10,13,17-18H,5-6,11-12H2,1-4H3. The Labute approximate surface area is 117 Å². The molecule has 0 atom stereocenters. The van der Waals surface area contributed by atoms with Crippen molar-refractivity contribution < 1.29 is 9.84 Å². The average Bonchev–Trinajstić information content (AvgIpc) is 2.40. The van der Waals surface area contributed by atoms with Crippen molar-refractivity contribution in [1.82, 2.24) is 5.32 Å². The predicted octanol–water partition coefficient (Wildman–Crippen LogP) is 3.11. The Balaban J connectivity index is 2.42. The Hall–Kier alpha value is -1.06. The molecule has 1 rings (SSSR count). The number of aliphatic hydroxyl groups is 1. The van der Waals surface area contributed by atoms with Gasteiger partial charge in [-0.2, -0.15) is 0 Å². The first-order chi connectivity index (χ1) is 8.99. The number of ether oxygens (including phenoxy) is 1. The van der Waals surface area contributed by atoms with Crippen molar-refractivity contribution in [3.63, 3.8) is 0 Å². The fraction of sp³-hybridized carbons (Fsp3) is 0.625. The largest absolute Gasteiger partial charge is 0.491 e. The van der Waals surface area contributed by atoms with Gasteiger partial charge in [-0.1, -0.05) is 26.0 Å². The average molecular weight is 265 g/mol. The number of hydrogen-bond donors (Lipinski definition) is 2. The molecule has 3 heteroatoms. The summed E-state index contributed by atoms with van der Waals surface area (Å²) in [6, 6.07) is 8.09. The van der Waals surface area contributed by atoms with Crippen LogP contribution in [0.1, 0.15) is 46.1 Å². The van der Waals surface area contributed by atoms with E-state index in [9.17, 15) is 5.11 Å². The lowest BCUT2D eigenvalue weighted by molar-refractivity contribution is 0.0323. The molecule has 0 heterocycles. The maximum Gasteiger partial charge on any atom is 0.119 e. The minimum absolute atomic E-state index is 0.202. The molecule has 1 aromatic rings. The number of hydrogen-bond acceptors (Lipinski definition) is 3. The molecule has 0 spiro atoms. The molecule has 0 aromatic heterocycles. The summed E-state index contributed by atoms with van der Waals surface area (Å²) < 4.78 is 5.60. The highest BCUT2D eigenvalue weighted by Gasteiger charge is 2.20. The molecule has 3 nitrogen and oxygen atoms in total. The van der Waals surface area contributed by atoms with Crippen molar-refractivity contribution in [2.45, 2.75) is 58.8 Å². The second kappa shape index (κ2) is 7.51. The van der Waals surface area contributed by atoms with Crippen molar-refractivity contribution in [3.05, 3.63) is 29.8 Å². The van der Waals surface area contributed by atoms with Crippen LogP contribution >= 0.6 is 0 Å². The molecule has 108 valence electrons. The number of rotatable bonds is 8. The van der Waals surface area contributed by atoms with Gasteiger partial charge in [0.1, 0.15) is 5.75 Å². The fourth-order valence-electron chi connectivity index (χ4n) is 1.90. The second-order valence-electron chi connectivity index (χ2n) is 5.35. The summed E-state index contributed by atoms with van der Waals surface area (Å²) >= 11 is 0. The van der Waals surface area contributed by atoms with Crippen LogP contribution in [-0.2, 0) is 6.54 Å². The minimum atomic E-state index is -0.583. The summed E-state index contributed by atoms with van der Waals surface area (Å²) in [6.45, 7) is 9.47. The van der Waals surface area contributed by atoms with E-state index in [1.54, 1.807) is 0 Å². The molecule has 0 saturated heterocycles. The van der Waals surface area contributed by atoms with E-state index in [0.717, 1.165) is 25.1 Å². The molecular weight excluding hydrogens is 238 g/mol. The van der Waals surface area contributed by atoms with Crippen LogP contribution in [0.2, 0.25) is 0 Å². The fourth-order valence-corrected chi connectivity index (χ4v) is 1.90. The van der Waals surface area contributed by atoms with Crippen LogP contribution in [0.25, 0.3) is 0 Å². The topological polar surface area (TPSA) is 41.5 Å². The van der Waals surface area contributed by atoms with Crippen molar-refractivity contribution in [2.24, 2.45) is 0 Å². The highest BCUT2D eigenvalue weighted by Crippen LogP contribution is 2.15. The van der Waals surface area contributed by atoms with Crippen LogP contribution in [0.4, 0.5) is 0 Å². The molecule has 19 heavy (non-hydrogen) atoms.